The van der Waals surface area contributed by atoms with Crippen LogP contribution in [0.5, 0.6) is 0 Å². The zero-order valence-corrected chi connectivity index (χ0v) is 15.9. The highest BCUT2D eigenvalue weighted by atomic mass is 19.1. The fraction of sp³-hybridized carbons (Fsp3) is 0.318. The van der Waals surface area contributed by atoms with E-state index in [1.54, 1.807) is 12.1 Å². The van der Waals surface area contributed by atoms with E-state index in [0.29, 0.717) is 12.5 Å². The third-order valence-corrected chi connectivity index (χ3v) is 4.78. The quantitative estimate of drug-likeness (QED) is 0.667. The van der Waals surface area contributed by atoms with Crippen LogP contribution < -0.4 is 10.6 Å². The van der Waals surface area contributed by atoms with Gasteiger partial charge >= 0.3 is 0 Å². The summed E-state index contributed by atoms with van der Waals surface area (Å²) >= 11 is 0. The zero-order chi connectivity index (χ0) is 19.4. The Morgan fingerprint density at radius 3 is 2.48 bits per heavy atom. The molecule has 0 aliphatic carbocycles. The van der Waals surface area contributed by atoms with Gasteiger partial charge in [-0.05, 0) is 31.2 Å². The molecule has 1 amide bonds. The third kappa shape index (κ3) is 4.74. The Hall–Kier alpha value is -2.66. The molecule has 0 saturated carbocycles. The van der Waals surface area contributed by atoms with Crippen molar-refractivity contribution in [3.8, 4) is 0 Å². The SMILES string of the molecule is CC(C)[C@@H]([NH2+]CC(=O)N[C@@H](C)c1cc2ccccc2o1)c1ccc(F)cc1. The molecule has 2 aromatic carbocycles. The molecule has 0 fully saturated rings. The van der Waals surface area contributed by atoms with Crippen LogP contribution in [0.25, 0.3) is 11.0 Å². The van der Waals surface area contributed by atoms with E-state index in [-0.39, 0.29) is 23.8 Å². The molecular weight excluding hydrogens is 343 g/mol. The normalized spacial score (nSPS) is 13.7. The zero-order valence-electron chi connectivity index (χ0n) is 15.9. The van der Waals surface area contributed by atoms with Crippen molar-refractivity contribution in [1.82, 2.24) is 5.32 Å². The summed E-state index contributed by atoms with van der Waals surface area (Å²) in [4.78, 5) is 12.4. The first-order chi connectivity index (χ1) is 12.9. The number of carbonyl (C=O) groups excluding carboxylic acids is 1. The monoisotopic (exact) mass is 369 g/mol. The maximum atomic E-state index is 13.2. The van der Waals surface area contributed by atoms with E-state index in [4.69, 9.17) is 4.42 Å². The number of hydrogen-bond acceptors (Lipinski definition) is 2. The summed E-state index contributed by atoms with van der Waals surface area (Å²) in [5, 5.41) is 6.01. The van der Waals surface area contributed by atoms with Crippen molar-refractivity contribution in [3.05, 3.63) is 71.7 Å². The Labute approximate surface area is 158 Å². The number of halogens is 1. The van der Waals surface area contributed by atoms with E-state index in [2.05, 4.69) is 19.2 Å². The predicted octanol–water partition coefficient (Wildman–Crippen LogP) is 3.71. The molecule has 0 spiro atoms. The van der Waals surface area contributed by atoms with Gasteiger partial charge in [0.25, 0.3) is 5.91 Å². The van der Waals surface area contributed by atoms with Crippen LogP contribution in [-0.2, 0) is 4.79 Å². The molecule has 1 aromatic heterocycles. The van der Waals surface area contributed by atoms with Crippen LogP contribution in [0.15, 0.2) is 59.0 Å². The summed E-state index contributed by atoms with van der Waals surface area (Å²) < 4.78 is 19.0. The number of rotatable bonds is 7. The second-order valence-electron chi connectivity index (χ2n) is 7.24. The molecule has 3 N–H and O–H groups in total. The number of nitrogens with two attached hydrogens (primary N) is 1. The molecule has 1 heterocycles. The molecule has 0 bridgehead atoms. The molecule has 3 aromatic rings. The van der Waals surface area contributed by atoms with Crippen molar-refractivity contribution < 1.29 is 18.9 Å². The predicted molar refractivity (Wildman–Crippen MR) is 104 cm³/mol. The minimum absolute atomic E-state index is 0.0595. The van der Waals surface area contributed by atoms with Crippen LogP contribution in [-0.4, -0.2) is 12.5 Å². The van der Waals surface area contributed by atoms with E-state index >= 15 is 0 Å². The molecule has 142 valence electrons. The lowest BCUT2D eigenvalue weighted by atomic mass is 9.96. The highest BCUT2D eigenvalue weighted by molar-refractivity contribution is 5.79. The summed E-state index contributed by atoms with van der Waals surface area (Å²) in [5.74, 6) is 0.744. The molecule has 27 heavy (non-hydrogen) atoms. The van der Waals surface area contributed by atoms with Gasteiger partial charge in [-0.25, -0.2) is 4.39 Å². The Kier molecular flexibility index (Phi) is 5.91. The fourth-order valence-electron chi connectivity index (χ4n) is 3.30. The summed E-state index contributed by atoms with van der Waals surface area (Å²) in [6, 6.07) is 16.1. The third-order valence-electron chi connectivity index (χ3n) is 4.78. The van der Waals surface area contributed by atoms with Gasteiger partial charge in [0, 0.05) is 16.9 Å². The number of carbonyl (C=O) groups is 1. The minimum atomic E-state index is -0.251. The standard InChI is InChI=1S/C22H25FN2O2/c1-14(2)22(16-8-10-18(23)11-9-16)24-13-21(26)25-15(3)20-12-17-6-4-5-7-19(17)27-20/h4-12,14-15,22,24H,13H2,1-3H3,(H,25,26)/p+1/t15-,22+/m0/s1. The van der Waals surface area contributed by atoms with Crippen LogP contribution in [0.4, 0.5) is 4.39 Å². The van der Waals surface area contributed by atoms with Crippen molar-refractivity contribution in [2.24, 2.45) is 5.92 Å². The van der Waals surface area contributed by atoms with Crippen LogP contribution in [0.1, 0.15) is 44.2 Å². The number of para-hydroxylation sites is 1. The smallest absolute Gasteiger partial charge is 0.275 e. The molecule has 0 aliphatic rings. The number of fused-ring (bicyclic) bond motifs is 1. The Morgan fingerprint density at radius 1 is 1.11 bits per heavy atom. The average Bonchev–Trinajstić information content (AvgIpc) is 3.07. The number of furan rings is 1. The van der Waals surface area contributed by atoms with E-state index < -0.39 is 0 Å². The van der Waals surface area contributed by atoms with Gasteiger partial charge in [0.05, 0.1) is 6.04 Å². The second kappa shape index (κ2) is 8.35. The number of benzene rings is 2. The molecule has 0 aliphatic heterocycles. The Bertz CT molecular complexity index is 869. The largest absolute Gasteiger partial charge is 0.459 e. The van der Waals surface area contributed by atoms with Crippen molar-refractivity contribution in [3.63, 3.8) is 0 Å². The highest BCUT2D eigenvalue weighted by Crippen LogP contribution is 2.23. The van der Waals surface area contributed by atoms with Gasteiger partial charge in [-0.15, -0.1) is 0 Å². The number of quaternary nitrogens is 1. The number of hydrogen-bond donors (Lipinski definition) is 2. The van der Waals surface area contributed by atoms with Crippen molar-refractivity contribution in [2.75, 3.05) is 6.54 Å². The van der Waals surface area contributed by atoms with Gasteiger partial charge in [0.15, 0.2) is 6.54 Å². The average molecular weight is 369 g/mol. The van der Waals surface area contributed by atoms with Crippen LogP contribution in [0.2, 0.25) is 0 Å². The van der Waals surface area contributed by atoms with Crippen LogP contribution in [0.3, 0.4) is 0 Å². The number of amides is 1. The fourth-order valence-corrected chi connectivity index (χ4v) is 3.30. The molecule has 0 radical (unpaired) electrons. The number of nitrogens with one attached hydrogen (secondary N) is 1. The summed E-state index contributed by atoms with van der Waals surface area (Å²) in [7, 11) is 0. The lowest BCUT2D eigenvalue weighted by molar-refractivity contribution is -0.692. The molecule has 3 rings (SSSR count). The van der Waals surface area contributed by atoms with Gasteiger partial charge in [-0.1, -0.05) is 44.2 Å². The van der Waals surface area contributed by atoms with Crippen molar-refractivity contribution in [2.45, 2.75) is 32.9 Å². The van der Waals surface area contributed by atoms with Crippen LogP contribution in [0, 0.1) is 11.7 Å². The Morgan fingerprint density at radius 2 is 1.81 bits per heavy atom. The van der Waals surface area contributed by atoms with Gasteiger partial charge in [-0.2, -0.15) is 0 Å². The first-order valence-corrected chi connectivity index (χ1v) is 9.30. The van der Waals surface area contributed by atoms with Gasteiger partial charge in [0.1, 0.15) is 23.2 Å². The van der Waals surface area contributed by atoms with Gasteiger partial charge < -0.3 is 15.1 Å². The summed E-state index contributed by atoms with van der Waals surface area (Å²) in [6.45, 7) is 6.40. The van der Waals surface area contributed by atoms with E-state index in [9.17, 15) is 9.18 Å². The maximum absolute atomic E-state index is 13.2. The van der Waals surface area contributed by atoms with Gasteiger partial charge in [0.2, 0.25) is 0 Å². The highest BCUT2D eigenvalue weighted by Gasteiger charge is 2.22. The molecule has 5 heteroatoms. The second-order valence-corrected chi connectivity index (χ2v) is 7.24. The van der Waals surface area contributed by atoms with Crippen LogP contribution >= 0.6 is 0 Å². The lowest BCUT2D eigenvalue weighted by Crippen LogP contribution is -2.88. The maximum Gasteiger partial charge on any atom is 0.275 e. The lowest BCUT2D eigenvalue weighted by Gasteiger charge is -2.20. The Balaban J connectivity index is 1.59. The molecule has 0 unspecified atom stereocenters. The molecular formula is C22H26FN2O2+. The molecule has 4 nitrogen and oxygen atoms in total. The first kappa shape index (κ1) is 19.1. The minimum Gasteiger partial charge on any atom is -0.459 e. The van der Waals surface area contributed by atoms with E-state index in [1.807, 2.05) is 42.6 Å². The molecule has 0 saturated heterocycles. The van der Waals surface area contributed by atoms with Crippen molar-refractivity contribution in [1.29, 1.82) is 0 Å². The summed E-state index contributed by atoms with van der Waals surface area (Å²) in [5.41, 5.74) is 1.83. The molecule has 2 atom stereocenters. The van der Waals surface area contributed by atoms with Crippen molar-refractivity contribution >= 4 is 16.9 Å². The van der Waals surface area contributed by atoms with E-state index in [1.165, 1.54) is 12.1 Å². The first-order valence-electron chi connectivity index (χ1n) is 9.30. The topological polar surface area (TPSA) is 58.9 Å². The van der Waals surface area contributed by atoms with Gasteiger partial charge in [-0.3, -0.25) is 4.79 Å². The summed E-state index contributed by atoms with van der Waals surface area (Å²) in [6.07, 6.45) is 0. The van der Waals surface area contributed by atoms with E-state index in [0.717, 1.165) is 22.3 Å².